The van der Waals surface area contributed by atoms with Gasteiger partial charge in [0.15, 0.2) is 0 Å². The molecule has 1 aliphatic heterocycles. The summed E-state index contributed by atoms with van der Waals surface area (Å²) in [5.41, 5.74) is 3.23. The van der Waals surface area contributed by atoms with Crippen molar-refractivity contribution in [1.82, 2.24) is 15.3 Å². The molecule has 38 heavy (non-hydrogen) atoms. The van der Waals surface area contributed by atoms with Gasteiger partial charge in [0, 0.05) is 48.5 Å². The molecule has 1 aromatic heterocycles. The molecule has 2 aliphatic rings. The van der Waals surface area contributed by atoms with Crippen LogP contribution in [0.2, 0.25) is 0 Å². The number of likely N-dealkylation sites (tertiary alicyclic amines) is 1. The van der Waals surface area contributed by atoms with E-state index < -0.39 is 22.0 Å². The molecule has 0 bridgehead atoms. The van der Waals surface area contributed by atoms with Crippen LogP contribution < -0.4 is 5.32 Å². The monoisotopic (exact) mass is 505 g/mol. The molecule has 2 heterocycles. The molecule has 7 heteroatoms. The van der Waals surface area contributed by atoms with Gasteiger partial charge in [-0.1, -0.05) is 72.8 Å². The minimum absolute atomic E-state index is 0.219. The number of imide groups is 1. The van der Waals surface area contributed by atoms with E-state index in [1.165, 1.54) is 0 Å². The topological polar surface area (TPSA) is 92.2 Å². The standard InChI is InChI=1S/C31H28N4O3/c1-21-9-8-18-35(21,30(37)34-19-22-10-2-3-11-23(22)28-20-32-16-17-33-28)29(36)31(38)26-14-6-4-12-24(26)25-13-5-7-15-27(25)31/h2-7,10-17,20-21,38H,8-9,18-19H2,1H3/p+1/t21-,35?/m1/s1. The molecule has 1 saturated heterocycles. The number of carbonyl (C=O) groups is 2. The van der Waals surface area contributed by atoms with Crippen LogP contribution in [0.4, 0.5) is 4.79 Å². The predicted octanol–water partition coefficient (Wildman–Crippen LogP) is 4.80. The lowest BCUT2D eigenvalue weighted by atomic mass is 9.88. The van der Waals surface area contributed by atoms with Gasteiger partial charge >= 0.3 is 11.9 Å². The van der Waals surface area contributed by atoms with E-state index in [1.54, 1.807) is 30.7 Å². The molecule has 0 saturated carbocycles. The first-order valence-electron chi connectivity index (χ1n) is 12.9. The smallest absolute Gasteiger partial charge is 0.369 e. The maximum absolute atomic E-state index is 14.6. The Hall–Kier alpha value is -4.20. The van der Waals surface area contributed by atoms with Gasteiger partial charge in [0.2, 0.25) is 5.60 Å². The van der Waals surface area contributed by atoms with Gasteiger partial charge in [-0.25, -0.2) is 9.59 Å². The summed E-state index contributed by atoms with van der Waals surface area (Å²) in [6.45, 7) is 2.48. The van der Waals surface area contributed by atoms with Crippen molar-refractivity contribution in [3.05, 3.63) is 108 Å². The largest absolute Gasteiger partial charge is 0.424 e. The third kappa shape index (κ3) is 3.50. The van der Waals surface area contributed by atoms with Gasteiger partial charge in [-0.3, -0.25) is 9.97 Å². The zero-order chi connectivity index (χ0) is 26.3. The van der Waals surface area contributed by atoms with Crippen LogP contribution in [0.5, 0.6) is 0 Å². The molecule has 0 radical (unpaired) electrons. The Kier molecular flexibility index (Phi) is 5.90. The second kappa shape index (κ2) is 9.28. The number of aromatic nitrogens is 2. The van der Waals surface area contributed by atoms with Crippen LogP contribution in [0.25, 0.3) is 22.4 Å². The van der Waals surface area contributed by atoms with Gasteiger partial charge in [-0.15, -0.1) is 0 Å². The third-order valence-electron chi connectivity index (χ3n) is 8.13. The number of hydrogen-bond donors (Lipinski definition) is 2. The highest BCUT2D eigenvalue weighted by Gasteiger charge is 2.63. The fourth-order valence-electron chi connectivity index (χ4n) is 6.18. The summed E-state index contributed by atoms with van der Waals surface area (Å²) in [6, 6.07) is 21.9. The number of hydrogen-bond acceptors (Lipinski definition) is 5. The van der Waals surface area contributed by atoms with Crippen LogP contribution in [0.1, 0.15) is 36.5 Å². The molecule has 0 spiro atoms. The molecule has 3 amide bonds. The lowest BCUT2D eigenvalue weighted by molar-refractivity contribution is -0.788. The third-order valence-corrected chi connectivity index (χ3v) is 8.13. The molecule has 4 aromatic rings. The van der Waals surface area contributed by atoms with Crippen LogP contribution in [-0.4, -0.2) is 44.1 Å². The van der Waals surface area contributed by atoms with Crippen LogP contribution in [-0.2, 0) is 16.9 Å². The molecule has 1 fully saturated rings. The highest BCUT2D eigenvalue weighted by Crippen LogP contribution is 2.50. The number of urea groups is 1. The second-order valence-electron chi connectivity index (χ2n) is 10.1. The molecule has 6 rings (SSSR count). The number of quaternary nitrogens is 1. The van der Waals surface area contributed by atoms with Gasteiger partial charge in [0.1, 0.15) is 6.04 Å². The fourth-order valence-corrected chi connectivity index (χ4v) is 6.18. The number of nitrogens with one attached hydrogen (secondary N) is 1. The molecule has 2 N–H and O–H groups in total. The van der Waals surface area contributed by atoms with E-state index in [9.17, 15) is 14.7 Å². The Morgan fingerprint density at radius 3 is 2.18 bits per heavy atom. The van der Waals surface area contributed by atoms with Crippen molar-refractivity contribution in [2.24, 2.45) is 0 Å². The van der Waals surface area contributed by atoms with Crippen molar-refractivity contribution in [2.75, 3.05) is 6.54 Å². The lowest BCUT2D eigenvalue weighted by Crippen LogP contribution is -2.67. The second-order valence-corrected chi connectivity index (χ2v) is 10.1. The Morgan fingerprint density at radius 1 is 0.947 bits per heavy atom. The Morgan fingerprint density at radius 2 is 1.58 bits per heavy atom. The van der Waals surface area contributed by atoms with Crippen molar-refractivity contribution in [3.8, 4) is 22.4 Å². The van der Waals surface area contributed by atoms with Crippen molar-refractivity contribution >= 4 is 11.9 Å². The number of fused-ring (bicyclic) bond motifs is 3. The summed E-state index contributed by atoms with van der Waals surface area (Å²) in [4.78, 5) is 37.2. The molecule has 190 valence electrons. The van der Waals surface area contributed by atoms with Crippen molar-refractivity contribution < 1.29 is 19.2 Å². The average Bonchev–Trinajstić information content (AvgIpc) is 3.49. The van der Waals surface area contributed by atoms with Gasteiger partial charge in [-0.05, 0) is 23.6 Å². The number of benzene rings is 3. The molecular weight excluding hydrogens is 476 g/mol. The first-order valence-corrected chi connectivity index (χ1v) is 12.9. The van der Waals surface area contributed by atoms with Gasteiger partial charge in [0.25, 0.3) is 0 Å². The van der Waals surface area contributed by atoms with E-state index in [0.717, 1.165) is 28.7 Å². The first-order chi connectivity index (χ1) is 18.5. The SMILES string of the molecule is C[C@@H]1CCC[N+]1(C(=O)NCc1ccccc1-c1cnccn1)C(=O)C1(O)c2ccccc2-c2ccccc21. The summed E-state index contributed by atoms with van der Waals surface area (Å²) in [5, 5.41) is 15.3. The van der Waals surface area contributed by atoms with E-state index in [0.29, 0.717) is 29.8 Å². The minimum Gasteiger partial charge on any atom is -0.369 e. The van der Waals surface area contributed by atoms with E-state index in [-0.39, 0.29) is 12.6 Å². The normalized spacial score (nSPS) is 20.9. The van der Waals surface area contributed by atoms with Gasteiger partial charge < -0.3 is 10.4 Å². The number of nitrogens with zero attached hydrogens (tertiary/aromatic N) is 3. The Bertz CT molecular complexity index is 1490. The van der Waals surface area contributed by atoms with Crippen LogP contribution in [0.3, 0.4) is 0 Å². The van der Waals surface area contributed by atoms with Gasteiger partial charge in [-0.2, -0.15) is 4.48 Å². The molecule has 7 nitrogen and oxygen atoms in total. The number of aliphatic hydroxyl groups is 1. The Balaban J connectivity index is 1.37. The van der Waals surface area contributed by atoms with Crippen molar-refractivity contribution in [2.45, 2.75) is 38.0 Å². The summed E-state index contributed by atoms with van der Waals surface area (Å²) in [5.74, 6) is -0.500. The predicted molar refractivity (Wildman–Crippen MR) is 143 cm³/mol. The molecule has 2 atom stereocenters. The van der Waals surface area contributed by atoms with Crippen LogP contribution in [0.15, 0.2) is 91.4 Å². The highest BCUT2D eigenvalue weighted by atomic mass is 16.3. The molecule has 3 aromatic carbocycles. The molecular formula is C31H29N4O3+. The zero-order valence-electron chi connectivity index (χ0n) is 21.2. The highest BCUT2D eigenvalue weighted by molar-refractivity contribution is 5.99. The van der Waals surface area contributed by atoms with E-state index in [1.807, 2.05) is 67.6 Å². The van der Waals surface area contributed by atoms with Crippen LogP contribution >= 0.6 is 0 Å². The lowest BCUT2D eigenvalue weighted by Gasteiger charge is -2.38. The number of amides is 3. The van der Waals surface area contributed by atoms with E-state index in [4.69, 9.17) is 0 Å². The zero-order valence-corrected chi connectivity index (χ0v) is 21.2. The molecule has 1 unspecified atom stereocenters. The van der Waals surface area contributed by atoms with E-state index >= 15 is 0 Å². The Labute approximate surface area is 221 Å². The quantitative estimate of drug-likeness (QED) is 0.389. The maximum Gasteiger partial charge on any atom is 0.424 e. The molecule has 1 aliphatic carbocycles. The van der Waals surface area contributed by atoms with E-state index in [2.05, 4.69) is 15.3 Å². The van der Waals surface area contributed by atoms with Gasteiger partial charge in [0.05, 0.1) is 18.4 Å². The summed E-state index contributed by atoms with van der Waals surface area (Å²) in [6.07, 6.45) is 6.37. The minimum atomic E-state index is -1.92. The van der Waals surface area contributed by atoms with Crippen molar-refractivity contribution in [3.63, 3.8) is 0 Å². The number of carbonyl (C=O) groups excluding carboxylic acids is 2. The number of rotatable bonds is 4. The maximum atomic E-state index is 14.6. The summed E-state index contributed by atoms with van der Waals surface area (Å²) in [7, 11) is 0. The summed E-state index contributed by atoms with van der Waals surface area (Å²) >= 11 is 0. The summed E-state index contributed by atoms with van der Waals surface area (Å²) < 4.78 is -0.452. The average molecular weight is 506 g/mol. The van der Waals surface area contributed by atoms with Crippen molar-refractivity contribution in [1.29, 1.82) is 0 Å². The van der Waals surface area contributed by atoms with Crippen LogP contribution in [0, 0.1) is 0 Å². The fraction of sp³-hybridized carbons (Fsp3) is 0.226. The first kappa shape index (κ1) is 24.2.